The minimum atomic E-state index is -0.140. The first-order chi connectivity index (χ1) is 10.0. The lowest BCUT2D eigenvalue weighted by Crippen LogP contribution is -2.39. The molecule has 1 aromatic carbocycles. The maximum absolute atomic E-state index is 11.9. The minimum absolute atomic E-state index is 0.0622. The highest BCUT2D eigenvalue weighted by atomic mass is 35.5. The molecule has 21 heavy (non-hydrogen) atoms. The summed E-state index contributed by atoms with van der Waals surface area (Å²) in [6, 6.07) is 7.34. The van der Waals surface area contributed by atoms with Crippen molar-refractivity contribution in [1.82, 2.24) is 10.2 Å². The van der Waals surface area contributed by atoms with E-state index in [4.69, 9.17) is 11.6 Å². The first-order valence-corrected chi connectivity index (χ1v) is 7.68. The average Bonchev–Trinajstić information content (AvgIpc) is 2.45. The molecule has 0 aliphatic heterocycles. The second kappa shape index (κ2) is 9.40. The van der Waals surface area contributed by atoms with Crippen molar-refractivity contribution >= 4 is 23.4 Å². The molecule has 1 N–H and O–H groups in total. The first-order valence-electron chi connectivity index (χ1n) is 7.30. The van der Waals surface area contributed by atoms with E-state index in [0.717, 1.165) is 24.8 Å². The zero-order valence-corrected chi connectivity index (χ0v) is 13.4. The van der Waals surface area contributed by atoms with Gasteiger partial charge in [-0.2, -0.15) is 0 Å². The topological polar surface area (TPSA) is 49.4 Å². The number of hydrogen-bond acceptors (Lipinski definition) is 2. The van der Waals surface area contributed by atoms with Crippen molar-refractivity contribution in [2.45, 2.75) is 39.7 Å². The molecule has 0 radical (unpaired) electrons. The molecule has 1 aromatic rings. The van der Waals surface area contributed by atoms with Crippen LogP contribution in [0.25, 0.3) is 0 Å². The number of rotatable bonds is 8. The van der Waals surface area contributed by atoms with Gasteiger partial charge in [0.15, 0.2) is 0 Å². The fraction of sp³-hybridized carbons (Fsp3) is 0.500. The van der Waals surface area contributed by atoms with E-state index in [2.05, 4.69) is 12.2 Å². The summed E-state index contributed by atoms with van der Waals surface area (Å²) in [5.74, 6) is -0.271. The number of halogens is 1. The van der Waals surface area contributed by atoms with Crippen molar-refractivity contribution in [2.24, 2.45) is 0 Å². The van der Waals surface area contributed by atoms with Crippen LogP contribution < -0.4 is 5.32 Å². The van der Waals surface area contributed by atoms with Gasteiger partial charge in [0.25, 0.3) is 0 Å². The van der Waals surface area contributed by atoms with Gasteiger partial charge in [-0.1, -0.05) is 49.6 Å². The summed E-state index contributed by atoms with van der Waals surface area (Å²) in [5, 5.41) is 3.44. The normalized spacial score (nSPS) is 10.2. The molecule has 0 heterocycles. The van der Waals surface area contributed by atoms with Gasteiger partial charge in [-0.25, -0.2) is 0 Å². The lowest BCUT2D eigenvalue weighted by atomic mass is 10.2. The number of unbranched alkanes of at least 4 members (excludes halogenated alkanes) is 2. The zero-order chi connectivity index (χ0) is 15.7. The molecule has 0 aliphatic carbocycles. The molecular weight excluding hydrogens is 288 g/mol. The molecule has 0 saturated carbocycles. The fourth-order valence-electron chi connectivity index (χ4n) is 1.94. The quantitative estimate of drug-likeness (QED) is 0.750. The number of carbonyl (C=O) groups is 2. The van der Waals surface area contributed by atoms with Crippen LogP contribution in [0.1, 0.15) is 38.7 Å². The van der Waals surface area contributed by atoms with Gasteiger partial charge in [-0.05, 0) is 18.1 Å². The van der Waals surface area contributed by atoms with E-state index in [-0.39, 0.29) is 18.4 Å². The van der Waals surface area contributed by atoms with Gasteiger partial charge < -0.3 is 10.2 Å². The monoisotopic (exact) mass is 310 g/mol. The predicted molar refractivity (Wildman–Crippen MR) is 85.1 cm³/mol. The molecule has 0 aromatic heterocycles. The zero-order valence-electron chi connectivity index (χ0n) is 12.7. The van der Waals surface area contributed by atoms with Gasteiger partial charge in [-0.3, -0.25) is 9.59 Å². The maximum Gasteiger partial charge on any atom is 0.239 e. The fourth-order valence-corrected chi connectivity index (χ4v) is 2.14. The molecule has 0 saturated heterocycles. The van der Waals surface area contributed by atoms with Crippen molar-refractivity contribution < 1.29 is 9.59 Å². The lowest BCUT2D eigenvalue weighted by Gasteiger charge is -2.21. The third-order valence-electron chi connectivity index (χ3n) is 3.20. The Bertz CT molecular complexity index is 477. The Morgan fingerprint density at radius 2 is 1.95 bits per heavy atom. The largest absolute Gasteiger partial charge is 0.355 e. The molecule has 2 amide bonds. The molecular formula is C16H23ClN2O2. The molecule has 116 valence electrons. The second-order valence-corrected chi connectivity index (χ2v) is 5.43. The van der Waals surface area contributed by atoms with Crippen LogP contribution in [0.4, 0.5) is 0 Å². The third kappa shape index (κ3) is 6.63. The molecule has 0 atom stereocenters. The average molecular weight is 311 g/mol. The number of hydrogen-bond donors (Lipinski definition) is 1. The Kier molecular flexibility index (Phi) is 7.83. The van der Waals surface area contributed by atoms with Crippen molar-refractivity contribution in [3.05, 3.63) is 34.9 Å². The van der Waals surface area contributed by atoms with Gasteiger partial charge in [-0.15, -0.1) is 0 Å². The van der Waals surface area contributed by atoms with E-state index in [1.807, 2.05) is 18.2 Å². The van der Waals surface area contributed by atoms with Crippen LogP contribution in [0.5, 0.6) is 0 Å². The molecule has 4 nitrogen and oxygen atoms in total. The molecule has 0 spiro atoms. The van der Waals surface area contributed by atoms with Crippen LogP contribution in [0.15, 0.2) is 24.3 Å². The number of nitrogens with one attached hydrogen (secondary N) is 1. The van der Waals surface area contributed by atoms with E-state index >= 15 is 0 Å². The smallest absolute Gasteiger partial charge is 0.239 e. The van der Waals surface area contributed by atoms with E-state index < -0.39 is 0 Å². The van der Waals surface area contributed by atoms with Crippen molar-refractivity contribution in [3.63, 3.8) is 0 Å². The molecule has 0 fully saturated rings. The SMILES string of the molecule is CCCCCNC(=O)CN(Cc1ccccc1Cl)C(C)=O. The van der Waals surface area contributed by atoms with Gasteiger partial charge in [0.2, 0.25) is 11.8 Å². The van der Waals surface area contributed by atoms with Crippen LogP contribution in [0.3, 0.4) is 0 Å². The molecule has 0 unspecified atom stereocenters. The Morgan fingerprint density at radius 3 is 2.57 bits per heavy atom. The highest BCUT2D eigenvalue weighted by Gasteiger charge is 2.15. The Labute approximate surface area is 131 Å². The standard InChI is InChI=1S/C16H23ClN2O2/c1-3-4-7-10-18-16(21)12-19(13(2)20)11-14-8-5-6-9-15(14)17/h5-6,8-9H,3-4,7,10-12H2,1-2H3,(H,18,21). The minimum Gasteiger partial charge on any atom is -0.355 e. The number of amides is 2. The predicted octanol–water partition coefficient (Wildman–Crippen LogP) is 2.99. The first kappa shape index (κ1) is 17.5. The summed E-state index contributed by atoms with van der Waals surface area (Å²) >= 11 is 6.09. The van der Waals surface area contributed by atoms with Gasteiger partial charge in [0.1, 0.15) is 0 Å². The summed E-state index contributed by atoms with van der Waals surface area (Å²) in [5.41, 5.74) is 0.841. The Balaban J connectivity index is 2.52. The second-order valence-electron chi connectivity index (χ2n) is 5.02. The summed E-state index contributed by atoms with van der Waals surface area (Å²) in [7, 11) is 0. The van der Waals surface area contributed by atoms with Crippen LogP contribution in [-0.2, 0) is 16.1 Å². The van der Waals surface area contributed by atoms with Crippen molar-refractivity contribution in [2.75, 3.05) is 13.1 Å². The molecule has 5 heteroatoms. The summed E-state index contributed by atoms with van der Waals surface area (Å²) in [6.07, 6.45) is 3.17. The molecule has 1 rings (SSSR count). The van der Waals surface area contributed by atoms with Crippen LogP contribution in [0, 0.1) is 0 Å². The highest BCUT2D eigenvalue weighted by Crippen LogP contribution is 2.16. The Hall–Kier alpha value is -1.55. The van der Waals surface area contributed by atoms with E-state index in [1.165, 1.54) is 11.8 Å². The van der Waals surface area contributed by atoms with Crippen molar-refractivity contribution in [1.29, 1.82) is 0 Å². The summed E-state index contributed by atoms with van der Waals surface area (Å²) < 4.78 is 0. The van der Waals surface area contributed by atoms with Crippen LogP contribution in [-0.4, -0.2) is 29.8 Å². The summed E-state index contributed by atoms with van der Waals surface area (Å²) in [4.78, 5) is 25.0. The third-order valence-corrected chi connectivity index (χ3v) is 3.57. The number of benzene rings is 1. The van der Waals surface area contributed by atoms with Gasteiger partial charge in [0, 0.05) is 25.0 Å². The van der Waals surface area contributed by atoms with Crippen LogP contribution in [0.2, 0.25) is 5.02 Å². The highest BCUT2D eigenvalue weighted by molar-refractivity contribution is 6.31. The van der Waals surface area contributed by atoms with Gasteiger partial charge >= 0.3 is 0 Å². The van der Waals surface area contributed by atoms with E-state index in [1.54, 1.807) is 6.07 Å². The summed E-state index contributed by atoms with van der Waals surface area (Å²) in [6.45, 7) is 4.64. The number of nitrogens with zero attached hydrogens (tertiary/aromatic N) is 1. The number of carbonyl (C=O) groups excluding carboxylic acids is 2. The van der Waals surface area contributed by atoms with Crippen molar-refractivity contribution in [3.8, 4) is 0 Å². The van der Waals surface area contributed by atoms with E-state index in [9.17, 15) is 9.59 Å². The molecule has 0 aliphatic rings. The van der Waals surface area contributed by atoms with Gasteiger partial charge in [0.05, 0.1) is 6.54 Å². The van der Waals surface area contributed by atoms with E-state index in [0.29, 0.717) is 18.1 Å². The Morgan fingerprint density at radius 1 is 1.24 bits per heavy atom. The van der Waals surface area contributed by atoms with Crippen LogP contribution >= 0.6 is 11.6 Å². The lowest BCUT2D eigenvalue weighted by molar-refractivity contribution is -0.134. The molecule has 0 bridgehead atoms. The maximum atomic E-state index is 11.9.